The second kappa shape index (κ2) is 8.28. The zero-order valence-electron chi connectivity index (χ0n) is 18.2. The van der Waals surface area contributed by atoms with Gasteiger partial charge in [-0.3, -0.25) is 14.2 Å². The molecule has 0 bridgehead atoms. The number of imidazole rings is 1. The van der Waals surface area contributed by atoms with E-state index in [9.17, 15) is 9.59 Å². The summed E-state index contributed by atoms with van der Waals surface area (Å²) in [5, 5.41) is 0.484. The first-order chi connectivity index (χ1) is 16.4. The third-order valence-electron chi connectivity index (χ3n) is 5.39. The molecule has 0 unspecified atom stereocenters. The molecule has 11 heteroatoms. The van der Waals surface area contributed by atoms with Crippen LogP contribution in [0.25, 0.3) is 27.8 Å². The summed E-state index contributed by atoms with van der Waals surface area (Å²) in [6.07, 6.45) is 2.93. The quantitative estimate of drug-likeness (QED) is 0.387. The van der Waals surface area contributed by atoms with Crippen molar-refractivity contribution in [3.63, 3.8) is 0 Å². The Labute approximate surface area is 192 Å². The number of para-hydroxylation sites is 2. The van der Waals surface area contributed by atoms with E-state index in [1.807, 2.05) is 19.1 Å². The largest absolute Gasteiger partial charge is 0.482 e. The number of aromatic nitrogens is 6. The topological polar surface area (TPSA) is 157 Å². The number of carbonyl (C=O) groups excluding carboxylic acids is 1. The minimum atomic E-state index is -0.628. The third-order valence-corrected chi connectivity index (χ3v) is 5.39. The second-order valence-electron chi connectivity index (χ2n) is 7.66. The fourth-order valence-electron chi connectivity index (χ4n) is 3.88. The highest BCUT2D eigenvalue weighted by Gasteiger charge is 2.19. The molecule has 170 valence electrons. The standard InChI is InChI=1S/C23H20N8O3/c1-13-5-4-6-14-19(13)23(33)31(15-7-2-3-8-16(15)34-10-17(24)32)18(29-14)9-30-12-28-20-21(25)26-11-27-22(20)30/h2-8,11-12H,9-10H2,1H3,(H2,24,32)(H2,25,26,27). The molecule has 0 atom stereocenters. The second-order valence-corrected chi connectivity index (χ2v) is 7.66. The number of nitrogen functional groups attached to an aromatic ring is 1. The molecule has 3 heterocycles. The maximum absolute atomic E-state index is 13.8. The van der Waals surface area contributed by atoms with Gasteiger partial charge in [0.15, 0.2) is 18.1 Å². The zero-order valence-corrected chi connectivity index (χ0v) is 18.2. The molecule has 1 amide bonds. The Balaban J connectivity index is 1.76. The summed E-state index contributed by atoms with van der Waals surface area (Å²) in [6.45, 7) is 1.69. The zero-order chi connectivity index (χ0) is 23.8. The number of anilines is 1. The predicted molar refractivity (Wildman–Crippen MR) is 126 cm³/mol. The summed E-state index contributed by atoms with van der Waals surface area (Å²) in [4.78, 5) is 42.5. The number of benzene rings is 2. The monoisotopic (exact) mass is 456 g/mol. The van der Waals surface area contributed by atoms with E-state index in [2.05, 4.69) is 15.0 Å². The van der Waals surface area contributed by atoms with Gasteiger partial charge in [0.1, 0.15) is 23.4 Å². The van der Waals surface area contributed by atoms with Gasteiger partial charge in [-0.1, -0.05) is 24.3 Å². The van der Waals surface area contributed by atoms with Gasteiger partial charge in [0.2, 0.25) is 0 Å². The van der Waals surface area contributed by atoms with E-state index in [0.717, 1.165) is 5.56 Å². The maximum atomic E-state index is 13.8. The first-order valence-electron chi connectivity index (χ1n) is 10.4. The number of carbonyl (C=O) groups is 1. The van der Waals surface area contributed by atoms with Gasteiger partial charge >= 0.3 is 0 Å². The number of primary amides is 1. The molecule has 34 heavy (non-hydrogen) atoms. The van der Waals surface area contributed by atoms with Gasteiger partial charge in [0, 0.05) is 0 Å². The fourth-order valence-corrected chi connectivity index (χ4v) is 3.88. The van der Waals surface area contributed by atoms with Crippen molar-refractivity contribution in [3.05, 3.63) is 76.9 Å². The van der Waals surface area contributed by atoms with Gasteiger partial charge in [-0.2, -0.15) is 0 Å². The van der Waals surface area contributed by atoms with Crippen LogP contribution in [0.15, 0.2) is 59.9 Å². The Bertz CT molecular complexity index is 1620. The SMILES string of the molecule is Cc1cccc2nc(Cn3cnc4c(N)ncnc43)n(-c3ccccc3OCC(N)=O)c(=O)c12. The van der Waals surface area contributed by atoms with E-state index in [0.29, 0.717) is 39.3 Å². The van der Waals surface area contributed by atoms with Gasteiger partial charge in [-0.25, -0.2) is 19.9 Å². The first kappa shape index (κ1) is 21.1. The Morgan fingerprint density at radius 2 is 1.91 bits per heavy atom. The van der Waals surface area contributed by atoms with Crippen LogP contribution in [0.2, 0.25) is 0 Å². The van der Waals surface area contributed by atoms with E-state index in [4.69, 9.17) is 21.2 Å². The molecule has 5 rings (SSSR count). The number of hydrogen-bond donors (Lipinski definition) is 2. The van der Waals surface area contributed by atoms with Crippen molar-refractivity contribution in [2.75, 3.05) is 12.3 Å². The molecule has 2 aromatic carbocycles. The molecule has 11 nitrogen and oxygen atoms in total. The lowest BCUT2D eigenvalue weighted by Crippen LogP contribution is -2.27. The van der Waals surface area contributed by atoms with E-state index >= 15 is 0 Å². The van der Waals surface area contributed by atoms with Crippen LogP contribution in [-0.2, 0) is 11.3 Å². The fraction of sp³-hybridized carbons (Fsp3) is 0.130. The average Bonchev–Trinajstić information content (AvgIpc) is 3.22. The molecule has 0 radical (unpaired) electrons. The summed E-state index contributed by atoms with van der Waals surface area (Å²) in [5.41, 5.74) is 13.7. The number of fused-ring (bicyclic) bond motifs is 2. The van der Waals surface area contributed by atoms with Crippen LogP contribution in [0.5, 0.6) is 5.75 Å². The highest BCUT2D eigenvalue weighted by atomic mass is 16.5. The van der Waals surface area contributed by atoms with Gasteiger partial charge in [-0.05, 0) is 30.7 Å². The highest BCUT2D eigenvalue weighted by molar-refractivity contribution is 5.82. The number of nitrogens with two attached hydrogens (primary N) is 2. The Hall–Kier alpha value is -4.80. The molecule has 0 aliphatic carbocycles. The Morgan fingerprint density at radius 1 is 1.09 bits per heavy atom. The lowest BCUT2D eigenvalue weighted by molar-refractivity contribution is -0.119. The Morgan fingerprint density at radius 3 is 2.74 bits per heavy atom. The van der Waals surface area contributed by atoms with Gasteiger partial charge in [-0.15, -0.1) is 0 Å². The molecule has 0 aliphatic heterocycles. The van der Waals surface area contributed by atoms with E-state index < -0.39 is 5.91 Å². The third kappa shape index (κ3) is 3.58. The van der Waals surface area contributed by atoms with E-state index in [1.54, 1.807) is 41.2 Å². The molecule has 0 spiro atoms. The number of nitrogens with zero attached hydrogens (tertiary/aromatic N) is 6. The van der Waals surface area contributed by atoms with Crippen molar-refractivity contribution in [1.29, 1.82) is 0 Å². The van der Waals surface area contributed by atoms with Crippen molar-refractivity contribution in [3.8, 4) is 11.4 Å². The minimum Gasteiger partial charge on any atom is -0.482 e. The number of hydrogen-bond acceptors (Lipinski definition) is 8. The first-order valence-corrected chi connectivity index (χ1v) is 10.4. The van der Waals surface area contributed by atoms with Gasteiger partial charge in [0.05, 0.1) is 29.5 Å². The van der Waals surface area contributed by atoms with Crippen LogP contribution < -0.4 is 21.8 Å². The van der Waals surface area contributed by atoms with Gasteiger partial charge < -0.3 is 20.8 Å². The van der Waals surface area contributed by atoms with Crippen molar-refractivity contribution in [2.45, 2.75) is 13.5 Å². The predicted octanol–water partition coefficient (Wildman–Crippen LogP) is 1.33. The molecule has 0 saturated heterocycles. The number of rotatable bonds is 6. The minimum absolute atomic E-state index is 0.163. The summed E-state index contributed by atoms with van der Waals surface area (Å²) in [7, 11) is 0. The number of amides is 1. The lowest BCUT2D eigenvalue weighted by atomic mass is 10.1. The molecule has 3 aromatic heterocycles. The van der Waals surface area contributed by atoms with Crippen LogP contribution in [0.3, 0.4) is 0 Å². The lowest BCUT2D eigenvalue weighted by Gasteiger charge is -2.18. The molecule has 0 aliphatic rings. The average molecular weight is 456 g/mol. The summed E-state index contributed by atoms with van der Waals surface area (Å²) >= 11 is 0. The van der Waals surface area contributed by atoms with Gasteiger partial charge in [0.25, 0.3) is 11.5 Å². The van der Waals surface area contributed by atoms with Crippen molar-refractivity contribution < 1.29 is 9.53 Å². The molecule has 4 N–H and O–H groups in total. The molecule has 0 fully saturated rings. The molecular formula is C23H20N8O3. The molecule has 5 aromatic rings. The van der Waals surface area contributed by atoms with Crippen molar-refractivity contribution in [1.82, 2.24) is 29.1 Å². The van der Waals surface area contributed by atoms with Crippen LogP contribution in [-0.4, -0.2) is 41.6 Å². The van der Waals surface area contributed by atoms with Crippen LogP contribution in [0, 0.1) is 6.92 Å². The van der Waals surface area contributed by atoms with Crippen molar-refractivity contribution in [2.24, 2.45) is 5.73 Å². The summed E-state index contributed by atoms with van der Waals surface area (Å²) < 4.78 is 8.82. The smallest absolute Gasteiger partial charge is 0.266 e. The van der Waals surface area contributed by atoms with Crippen LogP contribution in [0.1, 0.15) is 11.4 Å². The maximum Gasteiger partial charge on any atom is 0.266 e. The summed E-state index contributed by atoms with van der Waals surface area (Å²) in [5.74, 6) is 0.363. The molecule has 0 saturated carbocycles. The van der Waals surface area contributed by atoms with Crippen LogP contribution >= 0.6 is 0 Å². The van der Waals surface area contributed by atoms with Crippen molar-refractivity contribution >= 4 is 33.8 Å². The molecular weight excluding hydrogens is 436 g/mol. The Kier molecular flexibility index (Phi) is 5.13. The number of ether oxygens (including phenoxy) is 1. The van der Waals surface area contributed by atoms with E-state index in [1.165, 1.54) is 10.9 Å². The van der Waals surface area contributed by atoms with E-state index in [-0.39, 0.29) is 24.5 Å². The normalized spacial score (nSPS) is 11.2. The van der Waals surface area contributed by atoms with Crippen LogP contribution in [0.4, 0.5) is 5.82 Å². The summed E-state index contributed by atoms with van der Waals surface area (Å²) in [6, 6.07) is 12.4. The highest BCUT2D eigenvalue weighted by Crippen LogP contribution is 2.25. The number of aryl methyl sites for hydroxylation is 1.